The van der Waals surface area contributed by atoms with E-state index in [1.54, 1.807) is 10.3 Å². The Hall–Kier alpha value is -5.77. The summed E-state index contributed by atoms with van der Waals surface area (Å²) in [6.07, 6.45) is 3.17. The minimum Gasteiger partial charge on any atom is -0.452 e. The van der Waals surface area contributed by atoms with Crippen molar-refractivity contribution in [3.8, 4) is 0 Å². The van der Waals surface area contributed by atoms with E-state index >= 15 is 0 Å². The van der Waals surface area contributed by atoms with Crippen molar-refractivity contribution in [1.29, 1.82) is 0 Å². The van der Waals surface area contributed by atoms with E-state index in [0.29, 0.717) is 15.3 Å². The molecule has 2 amide bonds. The molecule has 0 bridgehead atoms. The number of thiazole rings is 1. The lowest BCUT2D eigenvalue weighted by Gasteiger charge is -2.53. The van der Waals surface area contributed by atoms with Gasteiger partial charge in [-0.15, -0.1) is 23.1 Å². The molecule has 0 aliphatic carbocycles. The second-order valence-corrected chi connectivity index (χ2v) is 17.4. The number of hydrogen-bond donors (Lipinski definition) is 2. The van der Waals surface area contributed by atoms with E-state index in [1.165, 1.54) is 30.2 Å². The van der Waals surface area contributed by atoms with Crippen LogP contribution in [0.15, 0.2) is 174 Å². The zero-order valence-electron chi connectivity index (χ0n) is 33.1. The van der Waals surface area contributed by atoms with Gasteiger partial charge >= 0.3 is 5.97 Å². The van der Waals surface area contributed by atoms with Crippen LogP contribution in [0.1, 0.15) is 39.6 Å². The molecular weight excluding hydrogens is 918 g/mol. The smallest absolute Gasteiger partial charge is 0.319 e. The number of aromatic nitrogens is 1. The van der Waals surface area contributed by atoms with Crippen LogP contribution in [0.4, 0.5) is 5.13 Å². The molecule has 8 rings (SSSR count). The summed E-state index contributed by atoms with van der Waals surface area (Å²) in [5.74, 6) is -0.977. The number of halogens is 1. The molecule has 2 fully saturated rings. The van der Waals surface area contributed by atoms with Crippen LogP contribution in [0, 0.1) is 5.41 Å². The van der Waals surface area contributed by atoms with Gasteiger partial charge in [-0.25, -0.2) is 4.98 Å². The average molecular weight is 960 g/mol. The molecule has 0 radical (unpaired) electrons. The van der Waals surface area contributed by atoms with Crippen molar-refractivity contribution < 1.29 is 24.0 Å². The van der Waals surface area contributed by atoms with Crippen LogP contribution in [0.5, 0.6) is 0 Å². The lowest BCUT2D eigenvalue weighted by molar-refractivity contribution is -0.162. The van der Waals surface area contributed by atoms with Crippen LogP contribution in [0.25, 0.3) is 0 Å². The van der Waals surface area contributed by atoms with Crippen molar-refractivity contribution in [2.24, 2.45) is 10.6 Å². The van der Waals surface area contributed by atoms with E-state index in [9.17, 15) is 14.4 Å². The summed E-state index contributed by atoms with van der Waals surface area (Å²) in [4.78, 5) is 53.9. The number of thioether (sulfide) groups is 1. The first-order valence-corrected chi connectivity index (χ1v) is 23.1. The number of hydrogen-bond acceptors (Lipinski definition) is 10. The van der Waals surface area contributed by atoms with Crippen molar-refractivity contribution in [2.75, 3.05) is 29.2 Å². The Morgan fingerprint density at radius 3 is 1.90 bits per heavy atom. The fourth-order valence-electron chi connectivity index (χ4n) is 7.85. The molecule has 13 heteroatoms. The van der Waals surface area contributed by atoms with Gasteiger partial charge in [0.1, 0.15) is 35.2 Å². The predicted molar refractivity (Wildman–Crippen MR) is 250 cm³/mol. The van der Waals surface area contributed by atoms with Gasteiger partial charge in [0.2, 0.25) is 5.91 Å². The molecule has 308 valence electrons. The highest BCUT2D eigenvalue weighted by atomic mass is 127. The highest BCUT2D eigenvalue weighted by Crippen LogP contribution is 2.45. The number of rotatable bonds is 15. The highest BCUT2D eigenvalue weighted by Gasteiger charge is 2.57. The quantitative estimate of drug-likeness (QED) is 0.0154. The number of amides is 2. The van der Waals surface area contributed by atoms with E-state index < -0.39 is 40.4 Å². The number of nitrogens with zero attached hydrogens (tertiary/aromatic N) is 3. The zero-order chi connectivity index (χ0) is 42.2. The average Bonchev–Trinajstić information content (AvgIpc) is 3.79. The third kappa shape index (κ3) is 8.59. The number of anilines is 1. The molecule has 0 spiro atoms. The Labute approximate surface area is 376 Å². The summed E-state index contributed by atoms with van der Waals surface area (Å²) in [5.41, 5.74) is 2.97. The zero-order valence-corrected chi connectivity index (χ0v) is 36.9. The summed E-state index contributed by atoms with van der Waals surface area (Å²) in [7, 11) is 1.36. The van der Waals surface area contributed by atoms with Crippen molar-refractivity contribution in [2.45, 2.75) is 23.1 Å². The molecule has 0 saturated carbocycles. The number of allylic oxidation sites excluding steroid dienone is 1. The van der Waals surface area contributed by atoms with E-state index in [4.69, 9.17) is 14.6 Å². The van der Waals surface area contributed by atoms with Gasteiger partial charge in [-0.1, -0.05) is 192 Å². The molecule has 6 aromatic rings. The van der Waals surface area contributed by atoms with Crippen LogP contribution < -0.4 is 10.6 Å². The van der Waals surface area contributed by atoms with Gasteiger partial charge in [-0.05, 0) is 27.8 Å². The Kier molecular flexibility index (Phi) is 13.0. The molecule has 2 N–H and O–H groups in total. The predicted octanol–water partition coefficient (Wildman–Crippen LogP) is 8.61. The number of oxime groups is 1. The normalized spacial score (nSPS) is 18.9. The van der Waals surface area contributed by atoms with Crippen molar-refractivity contribution in [3.05, 3.63) is 203 Å². The first-order chi connectivity index (χ1) is 29.9. The van der Waals surface area contributed by atoms with Crippen LogP contribution in [0.3, 0.4) is 0 Å². The van der Waals surface area contributed by atoms with Crippen molar-refractivity contribution in [3.63, 3.8) is 0 Å². The number of fused-ring (bicyclic) bond motifs is 1. The monoisotopic (exact) mass is 959 g/mol. The van der Waals surface area contributed by atoms with Crippen molar-refractivity contribution in [1.82, 2.24) is 15.2 Å². The molecule has 10 nitrogen and oxygen atoms in total. The Bertz CT molecular complexity index is 2370. The van der Waals surface area contributed by atoms with Gasteiger partial charge < -0.3 is 25.1 Å². The Morgan fingerprint density at radius 2 is 1.39 bits per heavy atom. The van der Waals surface area contributed by atoms with Crippen LogP contribution >= 0.6 is 45.7 Å². The molecular formula is C48H42IN5O5S2. The maximum absolute atomic E-state index is 14.3. The lowest BCUT2D eigenvalue weighted by atomic mass is 9.77. The number of alkyl halides is 1. The van der Waals surface area contributed by atoms with Crippen LogP contribution in [-0.2, 0) is 29.5 Å². The van der Waals surface area contributed by atoms with Crippen LogP contribution in [0.2, 0.25) is 0 Å². The number of nitrogens with one attached hydrogen (secondary N) is 2. The largest absolute Gasteiger partial charge is 0.452 e. The fraction of sp³-hybridized carbons (Fsp3) is 0.188. The van der Waals surface area contributed by atoms with E-state index in [0.717, 1.165) is 27.8 Å². The first kappa shape index (κ1) is 41.9. The molecule has 2 saturated heterocycles. The first-order valence-electron chi connectivity index (χ1n) is 19.7. The topological polar surface area (TPSA) is 122 Å². The van der Waals surface area contributed by atoms with Gasteiger partial charge in [0.25, 0.3) is 5.91 Å². The number of benzene rings is 5. The summed E-state index contributed by atoms with van der Waals surface area (Å²) >= 11 is 5.00. The lowest BCUT2D eigenvalue weighted by Crippen LogP contribution is -2.74. The molecule has 2 aliphatic heterocycles. The number of esters is 1. The second-order valence-electron chi connectivity index (χ2n) is 14.6. The van der Waals surface area contributed by atoms with Gasteiger partial charge in [-0.2, -0.15) is 0 Å². The Balaban J connectivity index is 1.01. The minimum atomic E-state index is -1.10. The highest BCUT2D eigenvalue weighted by molar-refractivity contribution is 14.1. The third-order valence-electron chi connectivity index (χ3n) is 10.8. The maximum Gasteiger partial charge on any atom is 0.319 e. The van der Waals surface area contributed by atoms with E-state index in [2.05, 4.69) is 74.8 Å². The molecule has 61 heavy (non-hydrogen) atoms. The molecule has 1 aromatic heterocycles. The number of carbonyl (C=O) groups is 3. The molecule has 3 atom stereocenters. The standard InChI is InChI=1S/C48H42IN5O5S2/c1-58-53-39(38-30-60-46(50-38)52-48(35-22-11-4-12-23-35,36-24-13-5-14-25-36)37-26-15-6-16-27-37)42(55)51-40-43(56)54-31-47(28-17-29-49,32-61-44(40)54)45(57)59-41(33-18-7-2-8-19-33)34-20-9-3-10-21-34/h2-28,30,40-41,44H,29,31-32H2,1H3,(H,50,52)(H,51,55)/t40?,44-,47?/m1/s1. The van der Waals surface area contributed by atoms with Gasteiger partial charge in [-0.3, -0.25) is 14.4 Å². The number of β-lactam (4-membered cyclic amide) rings is 1. The molecule has 3 heterocycles. The van der Waals surface area contributed by atoms with Crippen molar-refractivity contribution >= 4 is 74.3 Å². The minimum absolute atomic E-state index is 0.0700. The van der Waals surface area contributed by atoms with Gasteiger partial charge in [0.15, 0.2) is 16.9 Å². The second kappa shape index (κ2) is 18.9. The SMILES string of the molecule is CON=C(C(=O)NC1C(=O)N2CC(C=CCI)(C(=O)OC(c3ccccc3)c3ccccc3)CS[C@H]12)c1csc(NC(c2ccccc2)(c2ccccc2)c2ccccc2)n1. The fourth-order valence-corrected chi connectivity index (χ4v) is 10.4. The molecule has 5 aromatic carbocycles. The van der Waals surface area contributed by atoms with E-state index in [-0.39, 0.29) is 23.9 Å². The molecule has 2 unspecified atom stereocenters. The maximum atomic E-state index is 14.3. The summed E-state index contributed by atoms with van der Waals surface area (Å²) in [6, 6.07) is 48.9. The summed E-state index contributed by atoms with van der Waals surface area (Å²) in [5, 5.41) is 12.6. The van der Waals surface area contributed by atoms with Gasteiger partial charge in [0.05, 0.1) is 0 Å². The van der Waals surface area contributed by atoms with E-state index in [1.807, 2.05) is 127 Å². The summed E-state index contributed by atoms with van der Waals surface area (Å²) in [6.45, 7) is 0.115. The summed E-state index contributed by atoms with van der Waals surface area (Å²) < 4.78 is 7.03. The third-order valence-corrected chi connectivity index (χ3v) is 13.6. The Morgan fingerprint density at radius 1 is 0.869 bits per heavy atom. The van der Waals surface area contributed by atoms with Crippen LogP contribution in [-0.4, -0.2) is 68.6 Å². The number of carbonyl (C=O) groups excluding carboxylic acids is 3. The van der Waals surface area contributed by atoms with Gasteiger partial charge in [0, 0.05) is 22.1 Å². The molecule has 2 aliphatic rings. The number of ether oxygens (including phenoxy) is 1.